The molecule has 4 nitrogen and oxygen atoms in total. The van der Waals surface area contributed by atoms with Crippen LogP contribution in [0.3, 0.4) is 0 Å². The lowest BCUT2D eigenvalue weighted by Crippen LogP contribution is -2.18. The van der Waals surface area contributed by atoms with Gasteiger partial charge in [-0.05, 0) is 13.1 Å². The minimum Gasteiger partial charge on any atom is -0.382 e. The van der Waals surface area contributed by atoms with E-state index < -0.39 is 0 Å². The van der Waals surface area contributed by atoms with Gasteiger partial charge < -0.3 is 10.6 Å². The van der Waals surface area contributed by atoms with E-state index in [0.717, 1.165) is 29.7 Å². The van der Waals surface area contributed by atoms with Gasteiger partial charge >= 0.3 is 0 Å². The molecule has 0 aliphatic rings. The molecule has 2 rings (SSSR count). The van der Waals surface area contributed by atoms with Crippen molar-refractivity contribution in [1.29, 1.82) is 5.26 Å². The van der Waals surface area contributed by atoms with E-state index >= 15 is 0 Å². The van der Waals surface area contributed by atoms with Crippen LogP contribution in [0.25, 0.3) is 10.9 Å². The summed E-state index contributed by atoms with van der Waals surface area (Å²) in [4.78, 5) is 4.26. The minimum atomic E-state index is 0.583. The minimum absolute atomic E-state index is 0.583. The maximum atomic E-state index is 9.09. The number of rotatable bonds is 4. The van der Waals surface area contributed by atoms with Crippen molar-refractivity contribution < 1.29 is 0 Å². The fourth-order valence-electron chi connectivity index (χ4n) is 1.73. The van der Waals surface area contributed by atoms with Gasteiger partial charge in [0.25, 0.3) is 0 Å². The smallest absolute Gasteiger partial charge is 0.103 e. The molecule has 0 amide bonds. The first-order valence-electron chi connectivity index (χ1n) is 5.53. The van der Waals surface area contributed by atoms with Gasteiger partial charge in [-0.3, -0.25) is 4.98 Å². The molecule has 2 aromatic rings. The Hall–Kier alpha value is -2.12. The van der Waals surface area contributed by atoms with Crippen LogP contribution in [0.15, 0.2) is 30.5 Å². The van der Waals surface area contributed by atoms with Crippen molar-refractivity contribution in [2.75, 3.05) is 25.5 Å². The number of benzene rings is 1. The maximum absolute atomic E-state index is 9.09. The normalized spacial score (nSPS) is 10.1. The van der Waals surface area contributed by atoms with Crippen molar-refractivity contribution >= 4 is 16.6 Å². The maximum Gasteiger partial charge on any atom is 0.103 e. The lowest BCUT2D eigenvalue weighted by molar-refractivity contribution is 0.824. The van der Waals surface area contributed by atoms with Crippen molar-refractivity contribution in [3.63, 3.8) is 0 Å². The van der Waals surface area contributed by atoms with Crippen LogP contribution >= 0.6 is 0 Å². The monoisotopic (exact) mass is 226 g/mol. The number of nitriles is 1. The molecule has 2 N–H and O–H groups in total. The van der Waals surface area contributed by atoms with Gasteiger partial charge in [-0.25, -0.2) is 0 Å². The van der Waals surface area contributed by atoms with E-state index in [1.807, 2.05) is 31.3 Å². The van der Waals surface area contributed by atoms with Gasteiger partial charge in [0.1, 0.15) is 6.07 Å². The van der Waals surface area contributed by atoms with Gasteiger partial charge in [0, 0.05) is 24.7 Å². The summed E-state index contributed by atoms with van der Waals surface area (Å²) in [5.74, 6) is 0. The largest absolute Gasteiger partial charge is 0.382 e. The lowest BCUT2D eigenvalue weighted by Gasteiger charge is -2.10. The Balaban J connectivity index is 2.45. The Morgan fingerprint density at radius 2 is 2.12 bits per heavy atom. The molecular weight excluding hydrogens is 212 g/mol. The zero-order chi connectivity index (χ0) is 12.1. The molecule has 0 saturated heterocycles. The molecule has 86 valence electrons. The van der Waals surface area contributed by atoms with Crippen LogP contribution in [0.1, 0.15) is 5.56 Å². The third-order valence-electron chi connectivity index (χ3n) is 2.57. The van der Waals surface area contributed by atoms with Gasteiger partial charge in [-0.2, -0.15) is 5.26 Å². The summed E-state index contributed by atoms with van der Waals surface area (Å²) >= 11 is 0. The van der Waals surface area contributed by atoms with Crippen molar-refractivity contribution in [3.8, 4) is 6.07 Å². The molecule has 0 saturated carbocycles. The summed E-state index contributed by atoms with van der Waals surface area (Å²) in [6, 6.07) is 9.99. The number of hydrogen-bond acceptors (Lipinski definition) is 4. The molecule has 0 spiro atoms. The molecule has 0 radical (unpaired) electrons. The Morgan fingerprint density at radius 1 is 1.29 bits per heavy atom. The molecule has 1 aromatic heterocycles. The van der Waals surface area contributed by atoms with Crippen LogP contribution in [0.5, 0.6) is 0 Å². The van der Waals surface area contributed by atoms with E-state index in [0.29, 0.717) is 5.56 Å². The molecule has 0 aliphatic heterocycles. The number of nitrogens with zero attached hydrogens (tertiary/aromatic N) is 2. The third kappa shape index (κ3) is 2.35. The van der Waals surface area contributed by atoms with Crippen LogP contribution in [0.4, 0.5) is 5.69 Å². The number of pyridine rings is 1. The SMILES string of the molecule is CNCCNc1c(C#N)cnc2ccccc12. The summed E-state index contributed by atoms with van der Waals surface area (Å²) in [5, 5.41) is 16.4. The molecule has 0 unspecified atom stereocenters. The van der Waals surface area contributed by atoms with E-state index in [2.05, 4.69) is 21.7 Å². The van der Waals surface area contributed by atoms with E-state index in [-0.39, 0.29) is 0 Å². The Morgan fingerprint density at radius 3 is 2.88 bits per heavy atom. The van der Waals surface area contributed by atoms with E-state index in [1.54, 1.807) is 6.20 Å². The average molecular weight is 226 g/mol. The molecule has 4 heteroatoms. The van der Waals surface area contributed by atoms with Gasteiger partial charge in [-0.15, -0.1) is 0 Å². The number of para-hydroxylation sites is 1. The second kappa shape index (κ2) is 5.28. The number of aromatic nitrogens is 1. The first-order valence-corrected chi connectivity index (χ1v) is 5.53. The second-order valence-corrected chi connectivity index (χ2v) is 3.71. The quantitative estimate of drug-likeness (QED) is 0.779. The Labute approximate surface area is 100 Å². The molecular formula is C13H14N4. The van der Waals surface area contributed by atoms with Gasteiger partial charge in [0.15, 0.2) is 0 Å². The van der Waals surface area contributed by atoms with Gasteiger partial charge in [0.2, 0.25) is 0 Å². The molecule has 0 bridgehead atoms. The number of hydrogen-bond donors (Lipinski definition) is 2. The first-order chi connectivity index (χ1) is 8.36. The van der Waals surface area contributed by atoms with Gasteiger partial charge in [-0.1, -0.05) is 18.2 Å². The zero-order valence-electron chi connectivity index (χ0n) is 9.70. The van der Waals surface area contributed by atoms with E-state index in [9.17, 15) is 0 Å². The number of anilines is 1. The van der Waals surface area contributed by atoms with Crippen LogP contribution in [0.2, 0.25) is 0 Å². The highest BCUT2D eigenvalue weighted by Crippen LogP contribution is 2.24. The first kappa shape index (κ1) is 11.4. The standard InChI is InChI=1S/C13H14N4/c1-15-6-7-16-13-10(8-14)9-17-12-5-3-2-4-11(12)13/h2-5,9,15H,6-7H2,1H3,(H,16,17). The summed E-state index contributed by atoms with van der Waals surface area (Å²) in [6.07, 6.45) is 1.62. The fraction of sp³-hybridized carbons (Fsp3) is 0.231. The van der Waals surface area contributed by atoms with Crippen molar-refractivity contribution in [2.45, 2.75) is 0 Å². The highest BCUT2D eigenvalue weighted by molar-refractivity contribution is 5.93. The topological polar surface area (TPSA) is 60.7 Å². The number of likely N-dealkylation sites (N-methyl/N-ethyl adjacent to an activating group) is 1. The van der Waals surface area contributed by atoms with E-state index in [4.69, 9.17) is 5.26 Å². The lowest BCUT2D eigenvalue weighted by atomic mass is 10.1. The van der Waals surface area contributed by atoms with Crippen LogP contribution < -0.4 is 10.6 Å². The number of nitrogens with one attached hydrogen (secondary N) is 2. The van der Waals surface area contributed by atoms with Crippen molar-refractivity contribution in [2.24, 2.45) is 0 Å². The Bertz CT molecular complexity index is 557. The summed E-state index contributed by atoms with van der Waals surface area (Å²) in [6.45, 7) is 1.63. The summed E-state index contributed by atoms with van der Waals surface area (Å²) in [7, 11) is 1.90. The fourth-order valence-corrected chi connectivity index (χ4v) is 1.73. The van der Waals surface area contributed by atoms with Crippen molar-refractivity contribution in [1.82, 2.24) is 10.3 Å². The molecule has 1 heterocycles. The highest BCUT2D eigenvalue weighted by Gasteiger charge is 2.07. The van der Waals surface area contributed by atoms with Crippen LogP contribution in [-0.4, -0.2) is 25.1 Å². The molecule has 1 aromatic carbocycles. The summed E-state index contributed by atoms with van der Waals surface area (Å²) < 4.78 is 0. The van der Waals surface area contributed by atoms with Crippen LogP contribution in [0, 0.1) is 11.3 Å². The average Bonchev–Trinajstić information content (AvgIpc) is 2.39. The highest BCUT2D eigenvalue weighted by atomic mass is 14.9. The predicted molar refractivity (Wildman–Crippen MR) is 68.9 cm³/mol. The summed E-state index contributed by atoms with van der Waals surface area (Å²) in [5.41, 5.74) is 2.35. The third-order valence-corrected chi connectivity index (χ3v) is 2.57. The number of fused-ring (bicyclic) bond motifs is 1. The second-order valence-electron chi connectivity index (χ2n) is 3.71. The molecule has 0 atom stereocenters. The molecule has 0 fully saturated rings. The molecule has 0 aliphatic carbocycles. The Kier molecular flexibility index (Phi) is 3.53. The predicted octanol–water partition coefficient (Wildman–Crippen LogP) is 1.74. The van der Waals surface area contributed by atoms with Crippen LogP contribution in [-0.2, 0) is 0 Å². The van der Waals surface area contributed by atoms with E-state index in [1.165, 1.54) is 0 Å². The van der Waals surface area contributed by atoms with Gasteiger partial charge in [0.05, 0.1) is 16.8 Å². The molecule has 17 heavy (non-hydrogen) atoms. The zero-order valence-corrected chi connectivity index (χ0v) is 9.70. The van der Waals surface area contributed by atoms with Crippen molar-refractivity contribution in [3.05, 3.63) is 36.0 Å².